The van der Waals surface area contributed by atoms with Crippen molar-refractivity contribution in [1.82, 2.24) is 19.3 Å². The van der Waals surface area contributed by atoms with Crippen LogP contribution >= 0.6 is 11.6 Å². The van der Waals surface area contributed by atoms with Crippen LogP contribution in [0.5, 0.6) is 17.4 Å². The van der Waals surface area contributed by atoms with Gasteiger partial charge in [-0.2, -0.15) is 28.5 Å². The van der Waals surface area contributed by atoms with Crippen molar-refractivity contribution in [3.8, 4) is 23.4 Å². The summed E-state index contributed by atoms with van der Waals surface area (Å²) in [4.78, 5) is 16.2. The van der Waals surface area contributed by atoms with Crippen LogP contribution in [0, 0.1) is 11.3 Å². The molecule has 8 nitrogen and oxygen atoms in total. The van der Waals surface area contributed by atoms with E-state index in [1.165, 1.54) is 22.8 Å². The van der Waals surface area contributed by atoms with Gasteiger partial charge in [-0.1, -0.05) is 17.7 Å². The lowest BCUT2D eigenvalue weighted by molar-refractivity contribution is -0.137. The van der Waals surface area contributed by atoms with Crippen LogP contribution in [0.15, 0.2) is 65.8 Å². The topological polar surface area (TPSA) is 95.0 Å². The summed E-state index contributed by atoms with van der Waals surface area (Å²) in [6, 6.07) is 11.1. The molecule has 36 heavy (non-hydrogen) atoms. The maximum absolute atomic E-state index is 13.1. The minimum Gasteiger partial charge on any atom is -0.473 e. The average molecular weight is 516 g/mol. The van der Waals surface area contributed by atoms with E-state index < -0.39 is 22.5 Å². The molecule has 0 aliphatic carbocycles. The third kappa shape index (κ3) is 5.84. The van der Waals surface area contributed by atoms with Gasteiger partial charge in [0.05, 0.1) is 28.9 Å². The van der Waals surface area contributed by atoms with Crippen molar-refractivity contribution in [2.75, 3.05) is 0 Å². The number of aryl methyl sites for hydroxylation is 1. The van der Waals surface area contributed by atoms with Crippen LogP contribution in [0.2, 0.25) is 5.02 Å². The van der Waals surface area contributed by atoms with Crippen LogP contribution in [0.25, 0.3) is 0 Å². The molecule has 0 spiro atoms. The second-order valence-corrected chi connectivity index (χ2v) is 8.08. The molecule has 0 saturated heterocycles. The van der Waals surface area contributed by atoms with E-state index in [1.807, 2.05) is 6.07 Å². The number of hydrogen-bond acceptors (Lipinski definition) is 6. The Morgan fingerprint density at radius 3 is 2.61 bits per heavy atom. The van der Waals surface area contributed by atoms with Crippen LogP contribution in [0.3, 0.4) is 0 Å². The Balaban J connectivity index is 1.44. The number of alkyl halides is 3. The third-order valence-corrected chi connectivity index (χ3v) is 5.31. The van der Waals surface area contributed by atoms with Gasteiger partial charge in [-0.25, -0.2) is 4.79 Å². The van der Waals surface area contributed by atoms with Gasteiger partial charge in [-0.3, -0.25) is 9.25 Å². The van der Waals surface area contributed by atoms with Crippen molar-refractivity contribution < 1.29 is 22.6 Å². The summed E-state index contributed by atoms with van der Waals surface area (Å²) in [5.41, 5.74) is -0.0551. The van der Waals surface area contributed by atoms with Crippen molar-refractivity contribution in [3.63, 3.8) is 0 Å². The van der Waals surface area contributed by atoms with Gasteiger partial charge < -0.3 is 9.47 Å². The second kappa shape index (κ2) is 10.1. The number of benzene rings is 2. The lowest BCUT2D eigenvalue weighted by atomic mass is 10.1. The highest BCUT2D eigenvalue weighted by Gasteiger charge is 2.33. The highest BCUT2D eigenvalue weighted by molar-refractivity contribution is 6.31. The Morgan fingerprint density at radius 1 is 1.14 bits per heavy atom. The molecule has 184 valence electrons. The fourth-order valence-electron chi connectivity index (χ4n) is 3.28. The summed E-state index contributed by atoms with van der Waals surface area (Å²) >= 11 is 5.63. The number of nitrogens with zero attached hydrogens (tertiary/aromatic N) is 5. The molecule has 0 unspecified atom stereocenters. The molecule has 0 fully saturated rings. The Bertz CT molecular complexity index is 1510. The normalized spacial score (nSPS) is 11.2. The molecule has 0 aliphatic heterocycles. The zero-order valence-corrected chi connectivity index (χ0v) is 19.4. The van der Waals surface area contributed by atoms with Crippen molar-refractivity contribution in [1.29, 1.82) is 5.26 Å². The van der Waals surface area contributed by atoms with E-state index in [0.717, 1.165) is 17.7 Å². The molecule has 0 amide bonds. The molecule has 2 aromatic heterocycles. The molecule has 4 aromatic rings. The maximum atomic E-state index is 13.1. The lowest BCUT2D eigenvalue weighted by Crippen LogP contribution is -2.23. The van der Waals surface area contributed by atoms with Crippen LogP contribution < -0.4 is 15.2 Å². The van der Waals surface area contributed by atoms with Gasteiger partial charge in [-0.15, -0.1) is 0 Å². The van der Waals surface area contributed by atoms with Crippen LogP contribution in [-0.2, 0) is 26.4 Å². The predicted molar refractivity (Wildman–Crippen MR) is 123 cm³/mol. The van der Waals surface area contributed by atoms with Gasteiger partial charge in [0, 0.05) is 31.1 Å². The van der Waals surface area contributed by atoms with Crippen LogP contribution in [-0.4, -0.2) is 19.3 Å². The Hall–Kier alpha value is -4.30. The zero-order valence-electron chi connectivity index (χ0n) is 18.7. The molecule has 0 saturated carbocycles. The first-order valence-electron chi connectivity index (χ1n) is 10.4. The highest BCUT2D eigenvalue weighted by Crippen LogP contribution is 2.38. The number of hydrogen-bond donors (Lipinski definition) is 0. The first-order chi connectivity index (χ1) is 17.1. The standard InChI is InChI=1S/C24H17ClF3N5O3/c1-32-12-16(11-30-32)13-33-7-6-22(31-23(33)34)35-14-15-2-5-21(17(8-15)10-29)36-18-3-4-20(25)19(9-18)24(26,27)28/h2-9,11-12H,13-14H2,1H3. The summed E-state index contributed by atoms with van der Waals surface area (Å²) in [7, 11) is 1.78. The first-order valence-corrected chi connectivity index (χ1v) is 10.8. The number of halogens is 4. The molecule has 2 heterocycles. The molecule has 12 heteroatoms. The minimum absolute atomic E-state index is 0.00676. The SMILES string of the molecule is Cn1cc(Cn2ccc(OCc3ccc(Oc4ccc(Cl)c(C(F)(F)F)c4)c(C#N)c3)nc2=O)cn1. The van der Waals surface area contributed by atoms with Gasteiger partial charge in [0.1, 0.15) is 24.2 Å². The highest BCUT2D eigenvalue weighted by atomic mass is 35.5. The summed E-state index contributed by atoms with van der Waals surface area (Å²) in [6.45, 7) is 0.304. The van der Waals surface area contributed by atoms with E-state index in [9.17, 15) is 23.2 Å². The largest absolute Gasteiger partial charge is 0.473 e. The van der Waals surface area contributed by atoms with Crippen molar-refractivity contribution in [2.45, 2.75) is 19.3 Å². The fourth-order valence-corrected chi connectivity index (χ4v) is 3.50. The summed E-state index contributed by atoms with van der Waals surface area (Å²) < 4.78 is 53.4. The van der Waals surface area contributed by atoms with Crippen molar-refractivity contribution in [3.05, 3.63) is 98.8 Å². The Labute approximate surface area is 207 Å². The summed E-state index contributed by atoms with van der Waals surface area (Å²) in [5.74, 6) is 0.0400. The average Bonchev–Trinajstić information content (AvgIpc) is 3.25. The molecular formula is C24H17ClF3N5O3. The number of rotatable bonds is 7. The third-order valence-electron chi connectivity index (χ3n) is 4.98. The quantitative estimate of drug-likeness (QED) is 0.346. The van der Waals surface area contributed by atoms with E-state index in [-0.39, 0.29) is 29.5 Å². The molecule has 0 atom stereocenters. The van der Waals surface area contributed by atoms with Gasteiger partial charge in [0.2, 0.25) is 5.88 Å². The van der Waals surface area contributed by atoms with E-state index in [4.69, 9.17) is 21.1 Å². The van der Waals surface area contributed by atoms with E-state index in [2.05, 4.69) is 10.1 Å². The van der Waals surface area contributed by atoms with Crippen LogP contribution in [0.1, 0.15) is 22.3 Å². The molecule has 0 N–H and O–H groups in total. The number of nitriles is 1. The molecular weight excluding hydrogens is 499 g/mol. The smallest absolute Gasteiger partial charge is 0.417 e. The first kappa shape index (κ1) is 24.8. The predicted octanol–water partition coefficient (Wildman–Crippen LogP) is 4.94. The molecule has 0 radical (unpaired) electrons. The molecule has 0 bridgehead atoms. The van der Waals surface area contributed by atoms with Crippen molar-refractivity contribution >= 4 is 11.6 Å². The second-order valence-electron chi connectivity index (χ2n) is 7.67. The van der Waals surface area contributed by atoms with Gasteiger partial charge in [0.25, 0.3) is 0 Å². The maximum Gasteiger partial charge on any atom is 0.417 e. The molecule has 2 aromatic carbocycles. The Kier molecular flexibility index (Phi) is 6.98. The van der Waals surface area contributed by atoms with E-state index >= 15 is 0 Å². The summed E-state index contributed by atoms with van der Waals surface area (Å²) in [6.07, 6.45) is 0.345. The minimum atomic E-state index is -4.65. The summed E-state index contributed by atoms with van der Waals surface area (Å²) in [5, 5.41) is 13.1. The zero-order chi connectivity index (χ0) is 25.9. The van der Waals surface area contributed by atoms with Crippen molar-refractivity contribution in [2.24, 2.45) is 7.05 Å². The monoisotopic (exact) mass is 515 g/mol. The Morgan fingerprint density at radius 2 is 1.94 bits per heavy atom. The van der Waals surface area contributed by atoms with Gasteiger partial charge in [0.15, 0.2) is 0 Å². The number of aromatic nitrogens is 4. The fraction of sp³-hybridized carbons (Fsp3) is 0.167. The van der Waals surface area contributed by atoms with Crippen LogP contribution in [0.4, 0.5) is 13.2 Å². The molecule has 0 aliphatic rings. The van der Waals surface area contributed by atoms with E-state index in [0.29, 0.717) is 12.1 Å². The molecule has 4 rings (SSSR count). The number of ether oxygens (including phenoxy) is 2. The lowest BCUT2D eigenvalue weighted by Gasteiger charge is -2.13. The van der Waals surface area contributed by atoms with E-state index in [1.54, 1.807) is 42.5 Å². The van der Waals surface area contributed by atoms with Gasteiger partial charge >= 0.3 is 11.9 Å². The van der Waals surface area contributed by atoms with Gasteiger partial charge in [-0.05, 0) is 35.9 Å².